The van der Waals surface area contributed by atoms with E-state index in [2.05, 4.69) is 0 Å². The maximum Gasteiger partial charge on any atom is 0.121 e. The lowest BCUT2D eigenvalue weighted by molar-refractivity contribution is 0.227. The molecule has 0 aliphatic rings. The summed E-state index contributed by atoms with van der Waals surface area (Å²) >= 11 is 0. The standard InChI is InChI=1S/C13H18O2/c1-9(2)7-12(14)11-5-6-13(15-4)10(3)8-11/h5-8,12,14H,1-4H3. The molecule has 1 aromatic carbocycles. The molecule has 1 atom stereocenters. The Labute approximate surface area is 91.2 Å². The van der Waals surface area contributed by atoms with Crippen LogP contribution in [0.3, 0.4) is 0 Å². The van der Waals surface area contributed by atoms with Gasteiger partial charge in [-0.1, -0.05) is 17.7 Å². The highest BCUT2D eigenvalue weighted by Crippen LogP contribution is 2.23. The van der Waals surface area contributed by atoms with Crippen molar-refractivity contribution in [2.75, 3.05) is 7.11 Å². The summed E-state index contributed by atoms with van der Waals surface area (Å²) in [7, 11) is 1.65. The first kappa shape index (κ1) is 11.8. The van der Waals surface area contributed by atoms with Crippen LogP contribution in [0.15, 0.2) is 29.8 Å². The van der Waals surface area contributed by atoms with Gasteiger partial charge in [0.1, 0.15) is 5.75 Å². The fourth-order valence-corrected chi connectivity index (χ4v) is 1.50. The summed E-state index contributed by atoms with van der Waals surface area (Å²) in [6.45, 7) is 5.91. The Bertz CT molecular complexity index is 363. The Morgan fingerprint density at radius 2 is 2.07 bits per heavy atom. The molecule has 1 aromatic rings. The summed E-state index contributed by atoms with van der Waals surface area (Å²) in [4.78, 5) is 0. The fraction of sp³-hybridized carbons (Fsp3) is 0.385. The zero-order chi connectivity index (χ0) is 11.4. The van der Waals surface area contributed by atoms with Crippen molar-refractivity contribution in [2.45, 2.75) is 26.9 Å². The van der Waals surface area contributed by atoms with Crippen molar-refractivity contribution in [3.63, 3.8) is 0 Å². The van der Waals surface area contributed by atoms with E-state index in [-0.39, 0.29) is 0 Å². The largest absolute Gasteiger partial charge is 0.496 e. The van der Waals surface area contributed by atoms with Gasteiger partial charge in [-0.3, -0.25) is 0 Å². The van der Waals surface area contributed by atoms with Crippen molar-refractivity contribution in [3.05, 3.63) is 41.0 Å². The SMILES string of the molecule is COc1ccc(C(O)C=C(C)C)cc1C. The van der Waals surface area contributed by atoms with Crippen LogP contribution in [-0.2, 0) is 0 Å². The lowest BCUT2D eigenvalue weighted by Gasteiger charge is -2.10. The molecule has 0 fully saturated rings. The van der Waals surface area contributed by atoms with Gasteiger partial charge >= 0.3 is 0 Å². The van der Waals surface area contributed by atoms with Crippen molar-refractivity contribution in [1.82, 2.24) is 0 Å². The smallest absolute Gasteiger partial charge is 0.121 e. The van der Waals surface area contributed by atoms with Gasteiger partial charge in [-0.2, -0.15) is 0 Å². The Kier molecular flexibility index (Phi) is 3.92. The van der Waals surface area contributed by atoms with E-state index in [4.69, 9.17) is 4.74 Å². The average Bonchev–Trinajstić information content (AvgIpc) is 2.16. The minimum absolute atomic E-state index is 0.528. The van der Waals surface area contributed by atoms with Gasteiger partial charge in [0.15, 0.2) is 0 Å². The number of rotatable bonds is 3. The van der Waals surface area contributed by atoms with Gasteiger partial charge in [0.05, 0.1) is 13.2 Å². The van der Waals surface area contributed by atoms with Crippen LogP contribution in [0.4, 0.5) is 0 Å². The van der Waals surface area contributed by atoms with E-state index in [0.29, 0.717) is 0 Å². The van der Waals surface area contributed by atoms with Crippen molar-refractivity contribution >= 4 is 0 Å². The third-order valence-electron chi connectivity index (χ3n) is 2.25. The zero-order valence-electron chi connectivity index (χ0n) is 9.74. The molecule has 2 nitrogen and oxygen atoms in total. The number of ether oxygens (including phenoxy) is 1. The predicted molar refractivity (Wildman–Crippen MR) is 62.1 cm³/mol. The molecule has 1 unspecified atom stereocenters. The maximum absolute atomic E-state index is 9.86. The molecule has 0 aliphatic carbocycles. The lowest BCUT2D eigenvalue weighted by atomic mass is 10.0. The van der Waals surface area contributed by atoms with E-state index in [1.807, 2.05) is 45.0 Å². The summed E-state index contributed by atoms with van der Waals surface area (Å²) in [6, 6.07) is 5.71. The summed E-state index contributed by atoms with van der Waals surface area (Å²) in [6.07, 6.45) is 1.31. The highest BCUT2D eigenvalue weighted by atomic mass is 16.5. The van der Waals surface area contributed by atoms with Gasteiger partial charge in [-0.15, -0.1) is 0 Å². The number of hydrogen-bond acceptors (Lipinski definition) is 2. The van der Waals surface area contributed by atoms with Gasteiger partial charge < -0.3 is 9.84 Å². The molecule has 1 rings (SSSR count). The lowest BCUT2D eigenvalue weighted by Crippen LogP contribution is -1.96. The molecule has 1 N–H and O–H groups in total. The number of aliphatic hydroxyl groups excluding tert-OH is 1. The van der Waals surface area contributed by atoms with Crippen LogP contribution >= 0.6 is 0 Å². The van der Waals surface area contributed by atoms with E-state index in [1.165, 1.54) is 0 Å². The van der Waals surface area contributed by atoms with Crippen LogP contribution in [0.25, 0.3) is 0 Å². The van der Waals surface area contributed by atoms with Gasteiger partial charge in [0, 0.05) is 0 Å². The third kappa shape index (κ3) is 3.10. The van der Waals surface area contributed by atoms with Crippen LogP contribution in [0.2, 0.25) is 0 Å². The Morgan fingerprint density at radius 1 is 1.40 bits per heavy atom. The predicted octanol–water partition coefficient (Wildman–Crippen LogP) is 3.00. The van der Waals surface area contributed by atoms with Crippen LogP contribution < -0.4 is 4.74 Å². The highest BCUT2D eigenvalue weighted by Gasteiger charge is 2.06. The second-order valence-corrected chi connectivity index (χ2v) is 3.92. The molecular weight excluding hydrogens is 188 g/mol. The van der Waals surface area contributed by atoms with Gasteiger partial charge in [-0.05, 0) is 44.0 Å². The molecule has 0 saturated heterocycles. The summed E-state index contributed by atoms with van der Waals surface area (Å²) in [5.74, 6) is 0.850. The molecule has 82 valence electrons. The van der Waals surface area contributed by atoms with Crippen molar-refractivity contribution in [1.29, 1.82) is 0 Å². The minimum atomic E-state index is -0.528. The van der Waals surface area contributed by atoms with E-state index < -0.39 is 6.10 Å². The van der Waals surface area contributed by atoms with Crippen molar-refractivity contribution in [3.8, 4) is 5.75 Å². The number of aryl methyl sites for hydroxylation is 1. The Morgan fingerprint density at radius 3 is 2.53 bits per heavy atom. The Balaban J connectivity index is 2.97. The quantitative estimate of drug-likeness (QED) is 0.770. The van der Waals surface area contributed by atoms with Gasteiger partial charge in [0.2, 0.25) is 0 Å². The molecule has 15 heavy (non-hydrogen) atoms. The molecule has 0 bridgehead atoms. The van der Waals surface area contributed by atoms with E-state index in [1.54, 1.807) is 7.11 Å². The minimum Gasteiger partial charge on any atom is -0.496 e. The fourth-order valence-electron chi connectivity index (χ4n) is 1.50. The molecule has 2 heteroatoms. The molecule has 0 amide bonds. The number of aliphatic hydroxyl groups is 1. The average molecular weight is 206 g/mol. The summed E-state index contributed by atoms with van der Waals surface area (Å²) < 4.78 is 5.16. The molecule has 0 spiro atoms. The van der Waals surface area contributed by atoms with Crippen molar-refractivity contribution in [2.24, 2.45) is 0 Å². The van der Waals surface area contributed by atoms with Crippen LogP contribution in [-0.4, -0.2) is 12.2 Å². The van der Waals surface area contributed by atoms with Gasteiger partial charge in [-0.25, -0.2) is 0 Å². The summed E-state index contributed by atoms with van der Waals surface area (Å²) in [5, 5.41) is 9.86. The van der Waals surface area contributed by atoms with E-state index >= 15 is 0 Å². The monoisotopic (exact) mass is 206 g/mol. The highest BCUT2D eigenvalue weighted by molar-refractivity contribution is 5.38. The number of methoxy groups -OCH3 is 1. The van der Waals surface area contributed by atoms with Crippen LogP contribution in [0, 0.1) is 6.92 Å². The molecule has 0 aliphatic heterocycles. The first-order valence-corrected chi connectivity index (χ1v) is 5.02. The van der Waals surface area contributed by atoms with E-state index in [9.17, 15) is 5.11 Å². The first-order valence-electron chi connectivity index (χ1n) is 5.02. The topological polar surface area (TPSA) is 29.5 Å². The number of benzene rings is 1. The zero-order valence-corrected chi connectivity index (χ0v) is 9.74. The molecule has 0 heterocycles. The molecule has 0 radical (unpaired) electrons. The van der Waals surface area contributed by atoms with E-state index in [0.717, 1.165) is 22.4 Å². The number of hydrogen-bond donors (Lipinski definition) is 1. The summed E-state index contributed by atoms with van der Waals surface area (Å²) in [5.41, 5.74) is 3.04. The molecular formula is C13H18O2. The van der Waals surface area contributed by atoms with Gasteiger partial charge in [0.25, 0.3) is 0 Å². The third-order valence-corrected chi connectivity index (χ3v) is 2.25. The molecule has 0 saturated carbocycles. The van der Waals surface area contributed by atoms with Crippen LogP contribution in [0.1, 0.15) is 31.1 Å². The maximum atomic E-state index is 9.86. The first-order chi connectivity index (χ1) is 7.04. The van der Waals surface area contributed by atoms with Crippen molar-refractivity contribution < 1.29 is 9.84 Å². The Hall–Kier alpha value is -1.28. The van der Waals surface area contributed by atoms with Crippen LogP contribution in [0.5, 0.6) is 5.75 Å². The molecule has 0 aromatic heterocycles. The second kappa shape index (κ2) is 4.99. The normalized spacial score (nSPS) is 12.1. The number of allylic oxidation sites excluding steroid dienone is 1. The second-order valence-electron chi connectivity index (χ2n) is 3.92.